The van der Waals surface area contributed by atoms with Crippen molar-refractivity contribution in [1.82, 2.24) is 30.2 Å². The van der Waals surface area contributed by atoms with Crippen LogP contribution < -0.4 is 5.32 Å². The first kappa shape index (κ1) is 20.4. The van der Waals surface area contributed by atoms with Crippen LogP contribution in [0.4, 0.5) is 0 Å². The number of hydrogen-bond donors (Lipinski definition) is 2. The normalized spacial score (nSPS) is 21.0. The van der Waals surface area contributed by atoms with Crippen LogP contribution in [0.2, 0.25) is 0 Å². The Morgan fingerprint density at radius 2 is 2.07 bits per heavy atom. The maximum atomic E-state index is 13.5. The summed E-state index contributed by atoms with van der Waals surface area (Å²) in [7, 11) is 1.52. The second kappa shape index (κ2) is 7.59. The minimum Gasteiger partial charge on any atom is -0.391 e. The molecular formula is C18H26N6O3S. The highest BCUT2D eigenvalue weighted by Gasteiger charge is 2.45. The molecule has 1 aliphatic rings. The number of aliphatic hydroxyl groups excluding tert-OH is 1. The quantitative estimate of drug-likeness (QED) is 0.783. The largest absolute Gasteiger partial charge is 0.391 e. The lowest BCUT2D eigenvalue weighted by Crippen LogP contribution is -2.49. The van der Waals surface area contributed by atoms with E-state index in [2.05, 4.69) is 20.6 Å². The van der Waals surface area contributed by atoms with Crippen LogP contribution in [0, 0.1) is 12.3 Å². The maximum absolute atomic E-state index is 13.5. The molecule has 0 bridgehead atoms. The van der Waals surface area contributed by atoms with Crippen molar-refractivity contribution in [2.45, 2.75) is 52.3 Å². The van der Waals surface area contributed by atoms with Gasteiger partial charge in [-0.05, 0) is 12.3 Å². The Morgan fingerprint density at radius 1 is 1.36 bits per heavy atom. The van der Waals surface area contributed by atoms with Gasteiger partial charge in [-0.3, -0.25) is 9.59 Å². The molecule has 1 aliphatic heterocycles. The van der Waals surface area contributed by atoms with Gasteiger partial charge >= 0.3 is 0 Å². The summed E-state index contributed by atoms with van der Waals surface area (Å²) in [4.78, 5) is 31.5. The number of β-amino-alcohol motifs (C(OH)–C–C–N with tert-alkyl or cyclic N) is 1. The number of aromatic nitrogens is 4. The zero-order valence-electron chi connectivity index (χ0n) is 16.7. The average Bonchev–Trinajstić information content (AvgIpc) is 3.32. The Hall–Kier alpha value is -2.33. The highest BCUT2D eigenvalue weighted by molar-refractivity contribution is 7.09. The van der Waals surface area contributed by atoms with Gasteiger partial charge in [-0.25, -0.2) is 9.67 Å². The summed E-state index contributed by atoms with van der Waals surface area (Å²) >= 11 is 1.52. The van der Waals surface area contributed by atoms with E-state index in [1.165, 1.54) is 28.0 Å². The molecule has 152 valence electrons. The smallest absolute Gasteiger partial charge is 0.248 e. The number of hydrogen-bond acceptors (Lipinski definition) is 7. The van der Waals surface area contributed by atoms with Crippen molar-refractivity contribution in [2.75, 3.05) is 13.6 Å². The van der Waals surface area contributed by atoms with E-state index in [1.54, 1.807) is 6.20 Å². The van der Waals surface area contributed by atoms with Crippen molar-refractivity contribution < 1.29 is 14.7 Å². The van der Waals surface area contributed by atoms with E-state index in [-0.39, 0.29) is 24.8 Å². The van der Waals surface area contributed by atoms with Crippen molar-refractivity contribution in [1.29, 1.82) is 0 Å². The fraction of sp³-hybridized carbons (Fsp3) is 0.611. The molecule has 0 spiro atoms. The van der Waals surface area contributed by atoms with Gasteiger partial charge in [0.15, 0.2) is 0 Å². The molecule has 0 unspecified atom stereocenters. The summed E-state index contributed by atoms with van der Waals surface area (Å²) in [6.45, 7) is 7.84. The van der Waals surface area contributed by atoms with E-state index in [4.69, 9.17) is 0 Å². The summed E-state index contributed by atoms with van der Waals surface area (Å²) in [6.07, 6.45) is 1.21. The van der Waals surface area contributed by atoms with Crippen molar-refractivity contribution in [3.63, 3.8) is 0 Å². The number of carbonyl (C=O) groups excluding carboxylic acids is 2. The third-order valence-corrected chi connectivity index (χ3v) is 5.60. The van der Waals surface area contributed by atoms with E-state index < -0.39 is 23.6 Å². The van der Waals surface area contributed by atoms with E-state index in [1.807, 2.05) is 33.1 Å². The lowest BCUT2D eigenvalue weighted by atomic mass is 9.85. The Balaban J connectivity index is 1.94. The van der Waals surface area contributed by atoms with E-state index in [0.717, 1.165) is 5.01 Å². The van der Waals surface area contributed by atoms with Gasteiger partial charge in [-0.2, -0.15) is 0 Å². The van der Waals surface area contributed by atoms with Crippen molar-refractivity contribution >= 4 is 23.2 Å². The van der Waals surface area contributed by atoms with Crippen LogP contribution in [0.15, 0.2) is 11.6 Å². The second-order valence-corrected chi connectivity index (χ2v) is 9.18. The molecule has 28 heavy (non-hydrogen) atoms. The summed E-state index contributed by atoms with van der Waals surface area (Å²) in [6, 6.07) is -1.37. The van der Waals surface area contributed by atoms with Crippen molar-refractivity contribution in [3.05, 3.63) is 16.6 Å². The maximum Gasteiger partial charge on any atom is 0.248 e. The molecule has 0 aromatic carbocycles. The molecule has 1 fully saturated rings. The van der Waals surface area contributed by atoms with Gasteiger partial charge in [0, 0.05) is 25.4 Å². The standard InChI is InChI=1S/C18H26N6O3S/c1-10-20-13(9-28-10)12-8-24(22-21-12)15(18(2,3)4)17(27)23-7-11(25)6-14(23)16(26)19-5/h8-9,11,14-15,25H,6-7H2,1-5H3,(H,19,26)/t11-,14+,15-/m1/s1. The van der Waals surface area contributed by atoms with E-state index in [9.17, 15) is 14.7 Å². The van der Waals surface area contributed by atoms with Gasteiger partial charge in [0.05, 0.1) is 17.3 Å². The molecule has 2 aromatic rings. The molecule has 3 atom stereocenters. The van der Waals surface area contributed by atoms with Crippen LogP contribution in [0.3, 0.4) is 0 Å². The third kappa shape index (κ3) is 3.93. The van der Waals surface area contributed by atoms with Gasteiger partial charge < -0.3 is 15.3 Å². The molecule has 0 aliphatic carbocycles. The van der Waals surface area contributed by atoms with Gasteiger partial charge in [0.25, 0.3) is 0 Å². The van der Waals surface area contributed by atoms with Crippen LogP contribution in [-0.4, -0.2) is 67.5 Å². The molecule has 2 amide bonds. The second-order valence-electron chi connectivity index (χ2n) is 8.11. The lowest BCUT2D eigenvalue weighted by molar-refractivity contribution is -0.144. The summed E-state index contributed by atoms with van der Waals surface area (Å²) in [5.74, 6) is -0.543. The molecule has 1 saturated heterocycles. The van der Waals surface area contributed by atoms with Crippen LogP contribution in [-0.2, 0) is 9.59 Å². The van der Waals surface area contributed by atoms with Crippen LogP contribution in [0.5, 0.6) is 0 Å². The molecular weight excluding hydrogens is 380 g/mol. The topological polar surface area (TPSA) is 113 Å². The van der Waals surface area contributed by atoms with E-state index >= 15 is 0 Å². The number of aliphatic hydroxyl groups is 1. The first-order valence-electron chi connectivity index (χ1n) is 9.16. The minimum absolute atomic E-state index is 0.121. The lowest BCUT2D eigenvalue weighted by Gasteiger charge is -2.34. The molecule has 3 heterocycles. The van der Waals surface area contributed by atoms with Crippen LogP contribution in [0.25, 0.3) is 11.4 Å². The number of thiazole rings is 1. The number of likely N-dealkylation sites (N-methyl/N-ethyl adjacent to an activating group) is 1. The van der Waals surface area contributed by atoms with Crippen molar-refractivity contribution in [2.24, 2.45) is 5.41 Å². The monoisotopic (exact) mass is 406 g/mol. The highest BCUT2D eigenvalue weighted by atomic mass is 32.1. The fourth-order valence-corrected chi connectivity index (χ4v) is 4.12. The molecule has 2 aromatic heterocycles. The first-order valence-corrected chi connectivity index (χ1v) is 10.0. The zero-order valence-corrected chi connectivity index (χ0v) is 17.5. The molecule has 0 radical (unpaired) electrons. The third-order valence-electron chi connectivity index (χ3n) is 4.82. The number of amides is 2. The Morgan fingerprint density at radius 3 is 2.64 bits per heavy atom. The highest BCUT2D eigenvalue weighted by Crippen LogP contribution is 2.35. The predicted molar refractivity (Wildman–Crippen MR) is 105 cm³/mol. The van der Waals surface area contributed by atoms with Crippen molar-refractivity contribution in [3.8, 4) is 11.4 Å². The minimum atomic E-state index is -0.726. The summed E-state index contributed by atoms with van der Waals surface area (Å²) < 4.78 is 1.54. The number of likely N-dealkylation sites (tertiary alicyclic amines) is 1. The van der Waals surface area contributed by atoms with Gasteiger partial charge in [-0.15, -0.1) is 16.4 Å². The number of carbonyl (C=O) groups is 2. The number of aryl methyl sites for hydroxylation is 1. The average molecular weight is 407 g/mol. The number of nitrogens with one attached hydrogen (secondary N) is 1. The molecule has 10 heteroatoms. The first-order chi connectivity index (χ1) is 13.1. The summed E-state index contributed by atoms with van der Waals surface area (Å²) in [5, 5.41) is 23.8. The van der Waals surface area contributed by atoms with Gasteiger partial charge in [0.2, 0.25) is 11.8 Å². The predicted octanol–water partition coefficient (Wildman–Crippen LogP) is 1.01. The zero-order chi connectivity index (χ0) is 20.6. The number of rotatable bonds is 4. The molecule has 3 rings (SSSR count). The van der Waals surface area contributed by atoms with Crippen LogP contribution in [0.1, 0.15) is 38.2 Å². The van der Waals surface area contributed by atoms with Gasteiger partial charge in [-0.1, -0.05) is 26.0 Å². The number of nitrogens with zero attached hydrogens (tertiary/aromatic N) is 5. The van der Waals surface area contributed by atoms with Gasteiger partial charge in [0.1, 0.15) is 23.5 Å². The molecule has 0 saturated carbocycles. The molecule has 9 nitrogen and oxygen atoms in total. The van der Waals surface area contributed by atoms with E-state index in [0.29, 0.717) is 11.4 Å². The fourth-order valence-electron chi connectivity index (χ4n) is 3.51. The summed E-state index contributed by atoms with van der Waals surface area (Å²) in [5.41, 5.74) is 0.824. The van der Waals surface area contributed by atoms with Crippen LogP contribution >= 0.6 is 11.3 Å². The Bertz CT molecular complexity index is 871. The Kier molecular flexibility index (Phi) is 5.53. The Labute approximate surface area is 167 Å². The molecule has 2 N–H and O–H groups in total. The SMILES string of the molecule is CNC(=O)[C@@H]1C[C@@H](O)CN1C(=O)[C@@H](n1cc(-c2csc(C)n2)nn1)C(C)(C)C.